The number of aliphatic hydroxyl groups excluding tert-OH is 1. The summed E-state index contributed by atoms with van der Waals surface area (Å²) in [5, 5.41) is 21.8. The molecular weight excluding hydrogens is 268 g/mol. The largest absolute Gasteiger partial charge is 0.409 e. The fourth-order valence-electron chi connectivity index (χ4n) is 3.18. The molecule has 0 amide bonds. The van der Waals surface area contributed by atoms with Crippen molar-refractivity contribution in [3.05, 3.63) is 22.9 Å². The molecule has 0 unspecified atom stereocenters. The van der Waals surface area contributed by atoms with Crippen LogP contribution in [0.25, 0.3) is 0 Å². The summed E-state index contributed by atoms with van der Waals surface area (Å²) in [5.41, 5.74) is 8.90. The molecule has 21 heavy (non-hydrogen) atoms. The maximum Gasteiger partial charge on any atom is 0.173 e. The standard InChI is InChI=1S/C15H22N4O2/c16-14(18-21)12-9-10-3-1-2-4-13(10)17-15(12)19-7-5-11(20)6-8-19/h9,11,20-21H,1-8H2,(H2,16,18). The van der Waals surface area contributed by atoms with Crippen LogP contribution in [0.4, 0.5) is 5.82 Å². The van der Waals surface area contributed by atoms with Gasteiger partial charge in [0, 0.05) is 18.8 Å². The minimum Gasteiger partial charge on any atom is -0.409 e. The maximum atomic E-state index is 9.66. The van der Waals surface area contributed by atoms with Gasteiger partial charge >= 0.3 is 0 Å². The number of hydrogen-bond acceptors (Lipinski definition) is 5. The first-order valence-corrected chi connectivity index (χ1v) is 7.62. The lowest BCUT2D eigenvalue weighted by Gasteiger charge is -2.32. The van der Waals surface area contributed by atoms with Crippen LogP contribution in [0.5, 0.6) is 0 Å². The molecule has 0 radical (unpaired) electrons. The van der Waals surface area contributed by atoms with E-state index >= 15 is 0 Å². The van der Waals surface area contributed by atoms with Gasteiger partial charge in [-0.25, -0.2) is 4.98 Å². The number of anilines is 1. The Balaban J connectivity index is 2.00. The van der Waals surface area contributed by atoms with E-state index < -0.39 is 0 Å². The number of aliphatic hydroxyl groups is 1. The van der Waals surface area contributed by atoms with Crippen LogP contribution >= 0.6 is 0 Å². The lowest BCUT2D eigenvalue weighted by Crippen LogP contribution is -2.38. The molecule has 1 aromatic rings. The van der Waals surface area contributed by atoms with Crippen LogP contribution in [0.3, 0.4) is 0 Å². The number of piperidine rings is 1. The van der Waals surface area contributed by atoms with Gasteiger partial charge in [0.25, 0.3) is 0 Å². The highest BCUT2D eigenvalue weighted by Crippen LogP contribution is 2.28. The number of oxime groups is 1. The van der Waals surface area contributed by atoms with Gasteiger partial charge in [0.05, 0.1) is 11.7 Å². The number of aryl methyl sites for hydroxylation is 2. The van der Waals surface area contributed by atoms with E-state index in [4.69, 9.17) is 15.9 Å². The summed E-state index contributed by atoms with van der Waals surface area (Å²) in [6.07, 6.45) is 5.57. The molecule has 1 aliphatic carbocycles. The van der Waals surface area contributed by atoms with Crippen molar-refractivity contribution in [3.8, 4) is 0 Å². The van der Waals surface area contributed by atoms with E-state index in [2.05, 4.69) is 10.1 Å². The highest BCUT2D eigenvalue weighted by Gasteiger charge is 2.24. The van der Waals surface area contributed by atoms with E-state index in [1.807, 2.05) is 6.07 Å². The summed E-state index contributed by atoms with van der Waals surface area (Å²) in [6, 6.07) is 2.02. The van der Waals surface area contributed by atoms with Crippen LogP contribution in [-0.4, -0.2) is 40.3 Å². The van der Waals surface area contributed by atoms with Gasteiger partial charge in [0.1, 0.15) is 5.82 Å². The van der Waals surface area contributed by atoms with Crippen molar-refractivity contribution in [1.82, 2.24) is 4.98 Å². The molecule has 1 saturated heterocycles. The zero-order chi connectivity index (χ0) is 14.8. The lowest BCUT2D eigenvalue weighted by atomic mass is 9.94. The minimum absolute atomic E-state index is 0.108. The normalized spacial score (nSPS) is 20.4. The Morgan fingerprint density at radius 3 is 2.71 bits per heavy atom. The Bertz CT molecular complexity index is 551. The monoisotopic (exact) mass is 290 g/mol. The van der Waals surface area contributed by atoms with Crippen molar-refractivity contribution in [2.45, 2.75) is 44.6 Å². The fraction of sp³-hybridized carbons (Fsp3) is 0.600. The summed E-state index contributed by atoms with van der Waals surface area (Å²) >= 11 is 0. The van der Waals surface area contributed by atoms with Crippen molar-refractivity contribution in [2.24, 2.45) is 10.9 Å². The quantitative estimate of drug-likeness (QED) is 0.327. The molecule has 114 valence electrons. The van der Waals surface area contributed by atoms with Crippen molar-refractivity contribution in [2.75, 3.05) is 18.0 Å². The summed E-state index contributed by atoms with van der Waals surface area (Å²) in [6.45, 7) is 1.50. The molecule has 2 heterocycles. The predicted octanol–water partition coefficient (Wildman–Crippen LogP) is 1.02. The zero-order valence-corrected chi connectivity index (χ0v) is 12.1. The average Bonchev–Trinajstić information content (AvgIpc) is 2.53. The van der Waals surface area contributed by atoms with Gasteiger partial charge in [-0.05, 0) is 50.2 Å². The Labute approximate surface area is 124 Å². The second kappa shape index (κ2) is 5.89. The van der Waals surface area contributed by atoms with E-state index in [9.17, 15) is 5.11 Å². The predicted molar refractivity (Wildman–Crippen MR) is 80.8 cm³/mol. The van der Waals surface area contributed by atoms with Crippen LogP contribution in [0, 0.1) is 0 Å². The molecule has 3 rings (SSSR count). The minimum atomic E-state index is -0.230. The topological polar surface area (TPSA) is 95.0 Å². The number of amidine groups is 1. The van der Waals surface area contributed by atoms with Crippen molar-refractivity contribution >= 4 is 11.7 Å². The molecule has 1 aliphatic heterocycles. The molecule has 0 saturated carbocycles. The van der Waals surface area contributed by atoms with E-state index in [-0.39, 0.29) is 11.9 Å². The second-order valence-electron chi connectivity index (χ2n) is 5.88. The summed E-state index contributed by atoms with van der Waals surface area (Å²) in [5.74, 6) is 0.898. The number of aromatic nitrogens is 1. The highest BCUT2D eigenvalue weighted by molar-refractivity contribution is 6.01. The molecule has 0 bridgehead atoms. The van der Waals surface area contributed by atoms with Crippen molar-refractivity contribution in [1.29, 1.82) is 0 Å². The van der Waals surface area contributed by atoms with E-state index in [1.54, 1.807) is 0 Å². The molecule has 6 nitrogen and oxygen atoms in total. The average molecular weight is 290 g/mol. The third-order valence-corrected chi connectivity index (χ3v) is 4.43. The first-order valence-electron chi connectivity index (χ1n) is 7.62. The summed E-state index contributed by atoms with van der Waals surface area (Å²) in [7, 11) is 0. The molecule has 2 aliphatic rings. The molecule has 0 aromatic carbocycles. The molecule has 6 heteroatoms. The molecule has 0 spiro atoms. The Kier molecular flexibility index (Phi) is 3.96. The fourth-order valence-corrected chi connectivity index (χ4v) is 3.18. The van der Waals surface area contributed by atoms with Gasteiger partial charge in [0.15, 0.2) is 5.84 Å². The van der Waals surface area contributed by atoms with Crippen LogP contribution < -0.4 is 10.6 Å². The Hall–Kier alpha value is -1.82. The zero-order valence-electron chi connectivity index (χ0n) is 12.1. The van der Waals surface area contributed by atoms with Crippen LogP contribution in [-0.2, 0) is 12.8 Å². The lowest BCUT2D eigenvalue weighted by molar-refractivity contribution is 0.145. The van der Waals surface area contributed by atoms with Crippen molar-refractivity contribution in [3.63, 3.8) is 0 Å². The smallest absolute Gasteiger partial charge is 0.173 e. The third-order valence-electron chi connectivity index (χ3n) is 4.43. The van der Waals surface area contributed by atoms with Gasteiger partial charge in [-0.3, -0.25) is 0 Å². The van der Waals surface area contributed by atoms with E-state index in [0.29, 0.717) is 5.56 Å². The number of fused-ring (bicyclic) bond motifs is 1. The van der Waals surface area contributed by atoms with E-state index in [0.717, 1.165) is 50.3 Å². The SMILES string of the molecule is NC(=NO)c1cc2c(nc1N1CCC(O)CC1)CCCC2. The van der Waals surface area contributed by atoms with Gasteiger partial charge in [-0.15, -0.1) is 0 Å². The summed E-state index contributed by atoms with van der Waals surface area (Å²) < 4.78 is 0. The molecule has 1 aromatic heterocycles. The van der Waals surface area contributed by atoms with E-state index in [1.165, 1.54) is 18.4 Å². The van der Waals surface area contributed by atoms with Crippen LogP contribution in [0.2, 0.25) is 0 Å². The Morgan fingerprint density at radius 2 is 2.00 bits per heavy atom. The number of nitrogens with zero attached hydrogens (tertiary/aromatic N) is 3. The van der Waals surface area contributed by atoms with Crippen LogP contribution in [0.15, 0.2) is 11.2 Å². The first kappa shape index (κ1) is 14.1. The van der Waals surface area contributed by atoms with Crippen molar-refractivity contribution < 1.29 is 10.3 Å². The van der Waals surface area contributed by atoms with Gasteiger partial charge < -0.3 is 20.9 Å². The van der Waals surface area contributed by atoms with Crippen LogP contribution in [0.1, 0.15) is 42.5 Å². The number of nitrogens with two attached hydrogens (primary N) is 1. The molecule has 1 fully saturated rings. The van der Waals surface area contributed by atoms with Gasteiger partial charge in [-0.2, -0.15) is 0 Å². The molecule has 0 atom stereocenters. The number of pyridine rings is 1. The molecular formula is C15H22N4O2. The molecule has 4 N–H and O–H groups in total. The number of hydrogen-bond donors (Lipinski definition) is 3. The highest BCUT2D eigenvalue weighted by atomic mass is 16.4. The first-order chi connectivity index (χ1) is 10.2. The number of rotatable bonds is 2. The Morgan fingerprint density at radius 1 is 1.29 bits per heavy atom. The van der Waals surface area contributed by atoms with Gasteiger partial charge in [-0.1, -0.05) is 5.16 Å². The maximum absolute atomic E-state index is 9.66. The summed E-state index contributed by atoms with van der Waals surface area (Å²) in [4.78, 5) is 6.94. The second-order valence-corrected chi connectivity index (χ2v) is 5.88. The van der Waals surface area contributed by atoms with Gasteiger partial charge in [0.2, 0.25) is 0 Å². The third kappa shape index (κ3) is 2.81.